The van der Waals surface area contributed by atoms with E-state index in [1.807, 2.05) is 12.1 Å². The van der Waals surface area contributed by atoms with E-state index in [1.165, 1.54) is 19.3 Å². The molecule has 2 aliphatic rings. The highest BCUT2D eigenvalue weighted by atomic mass is 35.5. The molecule has 0 bridgehead atoms. The molecule has 1 heterocycles. The first-order chi connectivity index (χ1) is 13.8. The second-order valence-electron chi connectivity index (χ2n) is 8.75. The lowest BCUT2D eigenvalue weighted by Gasteiger charge is -2.42. The number of carbonyl (C=O) groups is 1. The minimum absolute atomic E-state index is 0.0277. The fourth-order valence-corrected chi connectivity index (χ4v) is 4.95. The lowest BCUT2D eigenvalue weighted by atomic mass is 9.84. The number of hydrogen-bond donors (Lipinski definition) is 1. The number of piperazine rings is 1. The van der Waals surface area contributed by atoms with Crippen molar-refractivity contribution in [1.29, 1.82) is 0 Å². The van der Waals surface area contributed by atoms with E-state index in [0.29, 0.717) is 22.1 Å². The standard InChI is InChI=1S/C22H34Cl2N4O/c1-16-15-28(20-6-4-5-19(23)21(20)24)14-13-27(16)12-11-17-7-9-18(10-8-17)25-22(29)26(2)3/h4-6,16-18H,7-15H2,1-3H3,(H,25,29). The summed E-state index contributed by atoms with van der Waals surface area (Å²) in [5.41, 5.74) is 1.05. The molecule has 1 unspecified atom stereocenters. The van der Waals surface area contributed by atoms with E-state index in [9.17, 15) is 4.79 Å². The Morgan fingerprint density at radius 1 is 1.17 bits per heavy atom. The molecule has 1 N–H and O–H groups in total. The van der Waals surface area contributed by atoms with Crippen LogP contribution in [-0.2, 0) is 0 Å². The van der Waals surface area contributed by atoms with Crippen molar-refractivity contribution in [3.05, 3.63) is 28.2 Å². The maximum Gasteiger partial charge on any atom is 0.317 e. The third-order valence-corrected chi connectivity index (χ3v) is 7.25. The Balaban J connectivity index is 1.41. The first-order valence-corrected chi connectivity index (χ1v) is 11.5. The van der Waals surface area contributed by atoms with E-state index >= 15 is 0 Å². The Morgan fingerprint density at radius 2 is 1.90 bits per heavy atom. The third kappa shape index (κ3) is 5.93. The minimum Gasteiger partial charge on any atom is -0.367 e. The average Bonchev–Trinajstić information content (AvgIpc) is 2.70. The third-order valence-electron chi connectivity index (χ3n) is 6.44. The molecule has 2 fully saturated rings. The Bertz CT molecular complexity index is 691. The van der Waals surface area contributed by atoms with Crippen molar-refractivity contribution in [3.63, 3.8) is 0 Å². The fraction of sp³-hybridized carbons (Fsp3) is 0.682. The Hall–Kier alpha value is -1.17. The predicted octanol–water partition coefficient (Wildman–Crippen LogP) is 4.72. The van der Waals surface area contributed by atoms with Gasteiger partial charge in [0.25, 0.3) is 0 Å². The summed E-state index contributed by atoms with van der Waals surface area (Å²) >= 11 is 12.6. The zero-order valence-corrected chi connectivity index (χ0v) is 19.3. The number of urea groups is 1. The topological polar surface area (TPSA) is 38.8 Å². The molecule has 162 valence electrons. The SMILES string of the molecule is CC1CN(c2cccc(Cl)c2Cl)CCN1CCC1CCC(NC(=O)N(C)C)CC1. The van der Waals surface area contributed by atoms with Crippen molar-refractivity contribution in [3.8, 4) is 0 Å². The van der Waals surface area contributed by atoms with E-state index in [2.05, 4.69) is 28.1 Å². The van der Waals surface area contributed by atoms with Crippen molar-refractivity contribution in [2.75, 3.05) is 45.2 Å². The van der Waals surface area contributed by atoms with Crippen LogP contribution in [0.5, 0.6) is 0 Å². The first-order valence-electron chi connectivity index (χ1n) is 10.8. The highest BCUT2D eigenvalue weighted by Crippen LogP contribution is 2.34. The van der Waals surface area contributed by atoms with Crippen LogP contribution in [0.15, 0.2) is 18.2 Å². The van der Waals surface area contributed by atoms with Crippen LogP contribution in [0.3, 0.4) is 0 Å². The van der Waals surface area contributed by atoms with Crippen LogP contribution in [0.25, 0.3) is 0 Å². The van der Waals surface area contributed by atoms with Gasteiger partial charge in [-0.3, -0.25) is 4.90 Å². The van der Waals surface area contributed by atoms with Gasteiger partial charge >= 0.3 is 6.03 Å². The number of rotatable bonds is 5. The first kappa shape index (κ1) is 22.5. The molecule has 2 amide bonds. The van der Waals surface area contributed by atoms with Gasteiger partial charge in [-0.15, -0.1) is 0 Å². The van der Waals surface area contributed by atoms with Crippen LogP contribution in [0.1, 0.15) is 39.0 Å². The van der Waals surface area contributed by atoms with E-state index in [0.717, 1.165) is 50.6 Å². The monoisotopic (exact) mass is 440 g/mol. The molecule has 1 atom stereocenters. The quantitative estimate of drug-likeness (QED) is 0.719. The van der Waals surface area contributed by atoms with Crippen LogP contribution in [0.4, 0.5) is 10.5 Å². The van der Waals surface area contributed by atoms with Gasteiger partial charge in [0.2, 0.25) is 0 Å². The summed E-state index contributed by atoms with van der Waals surface area (Å²) in [6, 6.07) is 6.73. The van der Waals surface area contributed by atoms with Gasteiger partial charge in [-0.1, -0.05) is 29.3 Å². The van der Waals surface area contributed by atoms with Crippen molar-refractivity contribution in [2.45, 2.75) is 51.1 Å². The molecular weight excluding hydrogens is 407 g/mol. The summed E-state index contributed by atoms with van der Waals surface area (Å²) in [5, 5.41) is 4.41. The minimum atomic E-state index is 0.0277. The smallest absolute Gasteiger partial charge is 0.317 e. The summed E-state index contributed by atoms with van der Waals surface area (Å²) in [5.74, 6) is 0.773. The van der Waals surface area contributed by atoms with Gasteiger partial charge < -0.3 is 15.1 Å². The number of amides is 2. The molecule has 0 spiro atoms. The van der Waals surface area contributed by atoms with Crippen molar-refractivity contribution in [1.82, 2.24) is 15.1 Å². The van der Waals surface area contributed by atoms with Crippen molar-refractivity contribution >= 4 is 34.9 Å². The highest BCUT2D eigenvalue weighted by molar-refractivity contribution is 6.43. The Labute approximate surface area is 185 Å². The van der Waals surface area contributed by atoms with Crippen LogP contribution in [0.2, 0.25) is 10.0 Å². The molecule has 0 radical (unpaired) electrons. The number of nitrogens with one attached hydrogen (secondary N) is 1. The molecule has 1 aliphatic carbocycles. The Kier molecular flexibility index (Phi) is 7.94. The van der Waals surface area contributed by atoms with Gasteiger partial charge in [-0.25, -0.2) is 4.79 Å². The van der Waals surface area contributed by atoms with Crippen LogP contribution in [-0.4, -0.2) is 68.2 Å². The molecule has 1 saturated carbocycles. The lowest BCUT2D eigenvalue weighted by Crippen LogP contribution is -2.52. The summed E-state index contributed by atoms with van der Waals surface area (Å²) in [4.78, 5) is 18.4. The number of hydrogen-bond acceptors (Lipinski definition) is 3. The van der Waals surface area contributed by atoms with Gasteiger partial charge in [0.15, 0.2) is 0 Å². The van der Waals surface area contributed by atoms with E-state index < -0.39 is 0 Å². The second-order valence-corrected chi connectivity index (χ2v) is 9.54. The summed E-state index contributed by atoms with van der Waals surface area (Å²) in [6.07, 6.45) is 5.87. The Morgan fingerprint density at radius 3 is 2.55 bits per heavy atom. The molecular formula is C22H34Cl2N4O. The maximum atomic E-state index is 11.8. The maximum absolute atomic E-state index is 11.8. The van der Waals surface area contributed by atoms with E-state index in [4.69, 9.17) is 23.2 Å². The highest BCUT2D eigenvalue weighted by Gasteiger charge is 2.27. The average molecular weight is 441 g/mol. The lowest BCUT2D eigenvalue weighted by molar-refractivity contribution is 0.163. The van der Waals surface area contributed by atoms with Crippen LogP contribution < -0.4 is 10.2 Å². The molecule has 1 aromatic carbocycles. The molecule has 0 aromatic heterocycles. The largest absolute Gasteiger partial charge is 0.367 e. The van der Waals surface area contributed by atoms with Gasteiger partial charge in [-0.2, -0.15) is 0 Å². The normalized spacial score (nSPS) is 25.7. The van der Waals surface area contributed by atoms with E-state index in [-0.39, 0.29) is 6.03 Å². The molecule has 3 rings (SSSR count). The summed E-state index contributed by atoms with van der Waals surface area (Å²) in [7, 11) is 3.59. The number of carbonyl (C=O) groups excluding carboxylic acids is 1. The number of halogens is 2. The predicted molar refractivity (Wildman–Crippen MR) is 122 cm³/mol. The second kappa shape index (κ2) is 10.2. The van der Waals surface area contributed by atoms with Gasteiger partial charge in [0.05, 0.1) is 15.7 Å². The molecule has 1 aliphatic heterocycles. The van der Waals surface area contributed by atoms with Crippen molar-refractivity contribution in [2.24, 2.45) is 5.92 Å². The zero-order chi connectivity index (χ0) is 21.0. The van der Waals surface area contributed by atoms with Crippen molar-refractivity contribution < 1.29 is 4.79 Å². The summed E-state index contributed by atoms with van der Waals surface area (Å²) in [6.45, 7) is 6.46. The van der Waals surface area contributed by atoms with Gasteiger partial charge in [-0.05, 0) is 63.6 Å². The molecule has 7 heteroatoms. The van der Waals surface area contributed by atoms with Gasteiger partial charge in [0.1, 0.15) is 0 Å². The van der Waals surface area contributed by atoms with Crippen LogP contribution in [0, 0.1) is 5.92 Å². The molecule has 29 heavy (non-hydrogen) atoms. The van der Waals surface area contributed by atoms with Gasteiger partial charge in [0, 0.05) is 45.8 Å². The molecule has 5 nitrogen and oxygen atoms in total. The molecule has 1 saturated heterocycles. The summed E-state index contributed by atoms with van der Waals surface area (Å²) < 4.78 is 0. The number of nitrogens with zero attached hydrogens (tertiary/aromatic N) is 3. The fourth-order valence-electron chi connectivity index (χ4n) is 4.53. The zero-order valence-electron chi connectivity index (χ0n) is 17.8. The number of benzene rings is 1. The van der Waals surface area contributed by atoms with E-state index in [1.54, 1.807) is 19.0 Å². The number of anilines is 1. The van der Waals surface area contributed by atoms with Crippen LogP contribution >= 0.6 is 23.2 Å². The molecule has 1 aromatic rings.